The van der Waals surface area contributed by atoms with Gasteiger partial charge in [-0.05, 0) is 39.3 Å². The van der Waals surface area contributed by atoms with Crippen molar-refractivity contribution in [3.05, 3.63) is 23.7 Å². The number of rotatable bonds is 5. The molecule has 0 saturated carbocycles. The lowest BCUT2D eigenvalue weighted by Gasteiger charge is -2.28. The summed E-state index contributed by atoms with van der Waals surface area (Å²) in [6.07, 6.45) is 1.05. The predicted octanol–water partition coefficient (Wildman–Crippen LogP) is 1.95. The molecule has 1 atom stereocenters. The minimum Gasteiger partial charge on any atom is -0.464 e. The molecule has 5 heteroatoms. The van der Waals surface area contributed by atoms with Crippen LogP contribution in [0, 0.1) is 6.92 Å². The van der Waals surface area contributed by atoms with Crippen LogP contribution in [0.5, 0.6) is 0 Å². The first-order valence-corrected chi connectivity index (χ1v) is 7.20. The molecule has 2 rings (SSSR count). The van der Waals surface area contributed by atoms with Crippen molar-refractivity contribution in [1.29, 1.82) is 0 Å². The van der Waals surface area contributed by atoms with Crippen LogP contribution in [0.3, 0.4) is 0 Å². The lowest BCUT2D eigenvalue weighted by molar-refractivity contribution is -0.141. The van der Waals surface area contributed by atoms with Crippen LogP contribution in [-0.4, -0.2) is 40.7 Å². The quantitative estimate of drug-likeness (QED) is 0.827. The van der Waals surface area contributed by atoms with Gasteiger partial charge in [0.15, 0.2) is 0 Å². The third-order valence-electron chi connectivity index (χ3n) is 3.81. The second kappa shape index (κ2) is 6.11. The van der Waals surface area contributed by atoms with E-state index in [9.17, 15) is 9.59 Å². The summed E-state index contributed by atoms with van der Waals surface area (Å²) < 4.78 is 5.52. The van der Waals surface area contributed by atoms with Gasteiger partial charge in [-0.3, -0.25) is 9.59 Å². The van der Waals surface area contributed by atoms with Gasteiger partial charge in [0.25, 0.3) is 0 Å². The normalized spacial score (nSPS) is 18.6. The van der Waals surface area contributed by atoms with Crippen molar-refractivity contribution in [1.82, 2.24) is 9.80 Å². The first-order chi connectivity index (χ1) is 9.56. The molecule has 1 saturated heterocycles. The minimum absolute atomic E-state index is 0.0320. The van der Waals surface area contributed by atoms with Gasteiger partial charge in [-0.15, -0.1) is 0 Å². The molecule has 1 unspecified atom stereocenters. The summed E-state index contributed by atoms with van der Waals surface area (Å²) in [7, 11) is 0. The number of hydrogen-bond donors (Lipinski definition) is 0. The number of amides is 2. The molecule has 5 nitrogen and oxygen atoms in total. The molecular formula is C15H22N2O3. The van der Waals surface area contributed by atoms with Gasteiger partial charge in [-0.2, -0.15) is 0 Å². The molecule has 20 heavy (non-hydrogen) atoms. The number of nitrogens with zero attached hydrogens (tertiary/aromatic N) is 2. The van der Waals surface area contributed by atoms with Crippen LogP contribution in [0.15, 0.2) is 16.5 Å². The van der Waals surface area contributed by atoms with E-state index >= 15 is 0 Å². The molecule has 0 aromatic carbocycles. The average Bonchev–Trinajstić information content (AvgIpc) is 2.99. The van der Waals surface area contributed by atoms with Gasteiger partial charge < -0.3 is 14.2 Å². The molecule has 1 aromatic rings. The summed E-state index contributed by atoms with van der Waals surface area (Å²) in [5.74, 6) is 1.63. The highest BCUT2D eigenvalue weighted by molar-refractivity contribution is 5.90. The Balaban J connectivity index is 2.12. The Bertz CT molecular complexity index is 491. The van der Waals surface area contributed by atoms with E-state index in [-0.39, 0.29) is 17.9 Å². The maximum atomic E-state index is 12.5. The molecule has 0 spiro atoms. The van der Waals surface area contributed by atoms with Crippen molar-refractivity contribution in [2.45, 2.75) is 46.2 Å². The van der Waals surface area contributed by atoms with Gasteiger partial charge in [0, 0.05) is 19.5 Å². The van der Waals surface area contributed by atoms with Crippen LogP contribution >= 0.6 is 0 Å². The number of furan rings is 1. The van der Waals surface area contributed by atoms with E-state index in [1.165, 1.54) is 0 Å². The Kier molecular flexibility index (Phi) is 4.47. The molecule has 0 bridgehead atoms. The van der Waals surface area contributed by atoms with E-state index in [1.54, 1.807) is 9.80 Å². The number of likely N-dealkylation sites (N-methyl/N-ethyl adjacent to an activating group) is 1. The van der Waals surface area contributed by atoms with Crippen LogP contribution in [0.2, 0.25) is 0 Å². The molecule has 1 aliphatic heterocycles. The molecule has 1 aromatic heterocycles. The molecule has 0 aliphatic carbocycles. The molecule has 1 aliphatic rings. The summed E-state index contributed by atoms with van der Waals surface area (Å²) in [6, 6.07) is 3.39. The molecule has 2 heterocycles. The van der Waals surface area contributed by atoms with Crippen molar-refractivity contribution < 1.29 is 14.0 Å². The van der Waals surface area contributed by atoms with Crippen molar-refractivity contribution in [2.24, 2.45) is 0 Å². The topological polar surface area (TPSA) is 53.8 Å². The smallest absolute Gasteiger partial charge is 0.245 e. The zero-order chi connectivity index (χ0) is 14.7. The Morgan fingerprint density at radius 3 is 2.65 bits per heavy atom. The molecule has 1 fully saturated rings. The van der Waals surface area contributed by atoms with Crippen molar-refractivity contribution in [3.63, 3.8) is 0 Å². The lowest BCUT2D eigenvalue weighted by atomic mass is 10.2. The van der Waals surface area contributed by atoms with Gasteiger partial charge in [-0.1, -0.05) is 0 Å². The second-order valence-electron chi connectivity index (χ2n) is 5.10. The molecule has 0 radical (unpaired) electrons. The summed E-state index contributed by atoms with van der Waals surface area (Å²) in [5, 5.41) is 0. The van der Waals surface area contributed by atoms with E-state index < -0.39 is 0 Å². The highest BCUT2D eigenvalue weighted by Gasteiger charge is 2.37. The predicted molar refractivity (Wildman–Crippen MR) is 74.9 cm³/mol. The molecule has 0 N–H and O–H groups in total. The Hall–Kier alpha value is -1.78. The third kappa shape index (κ3) is 2.86. The summed E-state index contributed by atoms with van der Waals surface area (Å²) in [5.41, 5.74) is 0. The highest BCUT2D eigenvalue weighted by atomic mass is 16.3. The van der Waals surface area contributed by atoms with E-state index in [0.717, 1.165) is 11.5 Å². The maximum absolute atomic E-state index is 12.5. The third-order valence-corrected chi connectivity index (χ3v) is 3.81. The van der Waals surface area contributed by atoms with Crippen LogP contribution in [0.4, 0.5) is 0 Å². The lowest BCUT2D eigenvalue weighted by Crippen LogP contribution is -2.46. The number of hydrogen-bond acceptors (Lipinski definition) is 3. The first kappa shape index (κ1) is 14.6. The second-order valence-corrected chi connectivity index (χ2v) is 5.10. The minimum atomic E-state index is -0.340. The summed E-state index contributed by atoms with van der Waals surface area (Å²) in [4.78, 5) is 27.9. The van der Waals surface area contributed by atoms with Crippen molar-refractivity contribution in [3.8, 4) is 0 Å². The van der Waals surface area contributed by atoms with Gasteiger partial charge in [0.2, 0.25) is 11.8 Å². The van der Waals surface area contributed by atoms with E-state index in [0.29, 0.717) is 32.5 Å². The van der Waals surface area contributed by atoms with Crippen LogP contribution in [0.1, 0.15) is 38.2 Å². The molecular weight excluding hydrogens is 256 g/mol. The van der Waals surface area contributed by atoms with Crippen LogP contribution in [0.25, 0.3) is 0 Å². The first-order valence-electron chi connectivity index (χ1n) is 7.20. The fourth-order valence-corrected chi connectivity index (χ4v) is 2.67. The van der Waals surface area contributed by atoms with E-state index in [2.05, 4.69) is 0 Å². The molecule has 2 amide bonds. The average molecular weight is 278 g/mol. The molecule has 110 valence electrons. The van der Waals surface area contributed by atoms with Gasteiger partial charge in [-0.25, -0.2) is 0 Å². The zero-order valence-electron chi connectivity index (χ0n) is 12.4. The largest absolute Gasteiger partial charge is 0.464 e. The van der Waals surface area contributed by atoms with Crippen LogP contribution < -0.4 is 0 Å². The summed E-state index contributed by atoms with van der Waals surface area (Å²) >= 11 is 0. The van der Waals surface area contributed by atoms with E-state index in [4.69, 9.17) is 4.42 Å². The Morgan fingerprint density at radius 1 is 1.40 bits per heavy atom. The van der Waals surface area contributed by atoms with Crippen molar-refractivity contribution in [2.75, 3.05) is 13.1 Å². The number of aryl methyl sites for hydroxylation is 1. The van der Waals surface area contributed by atoms with E-state index in [1.807, 2.05) is 32.9 Å². The Morgan fingerprint density at radius 2 is 2.10 bits per heavy atom. The van der Waals surface area contributed by atoms with Crippen molar-refractivity contribution >= 4 is 11.8 Å². The number of carbonyl (C=O) groups is 2. The maximum Gasteiger partial charge on any atom is 0.245 e. The fourth-order valence-electron chi connectivity index (χ4n) is 2.67. The number of carbonyl (C=O) groups excluding carboxylic acids is 2. The van der Waals surface area contributed by atoms with Gasteiger partial charge in [0.05, 0.1) is 6.54 Å². The van der Waals surface area contributed by atoms with Crippen LogP contribution in [-0.2, 0) is 16.1 Å². The SMILES string of the molecule is CCN(CC)C(=O)C1CCC(=O)N1Cc1ccc(C)o1. The number of likely N-dealkylation sites (tertiary alicyclic amines) is 1. The highest BCUT2D eigenvalue weighted by Crippen LogP contribution is 2.23. The monoisotopic (exact) mass is 278 g/mol. The standard InChI is InChI=1S/C15H22N2O3/c1-4-16(5-2)15(19)13-8-9-14(18)17(13)10-12-7-6-11(3)20-12/h6-7,13H,4-5,8-10H2,1-3H3. The summed E-state index contributed by atoms with van der Waals surface area (Å²) in [6.45, 7) is 7.51. The van der Waals surface area contributed by atoms with Gasteiger partial charge >= 0.3 is 0 Å². The zero-order valence-corrected chi connectivity index (χ0v) is 12.4. The van der Waals surface area contributed by atoms with Gasteiger partial charge in [0.1, 0.15) is 17.6 Å². The Labute approximate surface area is 119 Å². The fraction of sp³-hybridized carbons (Fsp3) is 0.600.